The highest BCUT2D eigenvalue weighted by molar-refractivity contribution is 7.99. The van der Waals surface area contributed by atoms with E-state index >= 15 is 0 Å². The lowest BCUT2D eigenvalue weighted by atomic mass is 10.1. The number of carbonyl (C=O) groups excluding carboxylic acids is 2. The number of nitrogens with zero attached hydrogens (tertiary/aromatic N) is 2. The predicted octanol–water partition coefficient (Wildman–Crippen LogP) is 4.30. The Morgan fingerprint density at radius 2 is 1.93 bits per heavy atom. The molecule has 0 aliphatic rings. The number of nitrogens with one attached hydrogen (secondary N) is 1. The van der Waals surface area contributed by atoms with E-state index in [-0.39, 0.29) is 29.0 Å². The Labute approximate surface area is 173 Å². The van der Waals surface area contributed by atoms with Gasteiger partial charge in [0.2, 0.25) is 5.91 Å². The molecule has 2 aromatic carbocycles. The molecule has 3 rings (SSSR count). The van der Waals surface area contributed by atoms with Gasteiger partial charge in [0.05, 0.1) is 16.7 Å². The number of aromatic nitrogens is 2. The van der Waals surface area contributed by atoms with Crippen LogP contribution in [0.2, 0.25) is 0 Å². The monoisotopic (exact) mass is 409 g/mol. The van der Waals surface area contributed by atoms with E-state index in [0.717, 1.165) is 6.42 Å². The van der Waals surface area contributed by atoms with Crippen molar-refractivity contribution in [3.63, 3.8) is 0 Å². The summed E-state index contributed by atoms with van der Waals surface area (Å²) in [5.74, 6) is -0.187. The lowest BCUT2D eigenvalue weighted by molar-refractivity contribution is -0.113. The van der Waals surface area contributed by atoms with Crippen LogP contribution in [0, 0.1) is 0 Å². The van der Waals surface area contributed by atoms with Crippen molar-refractivity contribution in [2.24, 2.45) is 0 Å². The second-order valence-corrected chi connectivity index (χ2v) is 7.76. The first-order valence-corrected chi connectivity index (χ1v) is 10.4. The molecule has 1 heterocycles. The van der Waals surface area contributed by atoms with Gasteiger partial charge in [0.1, 0.15) is 0 Å². The van der Waals surface area contributed by atoms with Gasteiger partial charge in [-0.25, -0.2) is 4.98 Å². The maximum Gasteiger partial charge on any atom is 0.262 e. The van der Waals surface area contributed by atoms with Gasteiger partial charge in [-0.15, -0.1) is 0 Å². The first kappa shape index (κ1) is 20.8. The third-order valence-electron chi connectivity index (χ3n) is 4.69. The molecule has 3 aromatic rings. The minimum absolute atomic E-state index is 0.0302. The van der Waals surface area contributed by atoms with Gasteiger partial charge in [0, 0.05) is 17.3 Å². The summed E-state index contributed by atoms with van der Waals surface area (Å²) in [7, 11) is 0. The van der Waals surface area contributed by atoms with Gasteiger partial charge < -0.3 is 5.32 Å². The predicted molar refractivity (Wildman–Crippen MR) is 117 cm³/mol. The highest BCUT2D eigenvalue weighted by Crippen LogP contribution is 2.22. The van der Waals surface area contributed by atoms with Crippen LogP contribution in [0.1, 0.15) is 43.6 Å². The number of fused-ring (bicyclic) bond motifs is 1. The van der Waals surface area contributed by atoms with Crippen LogP contribution < -0.4 is 10.9 Å². The number of hydrogen-bond donors (Lipinski definition) is 1. The highest BCUT2D eigenvalue weighted by Gasteiger charge is 2.16. The summed E-state index contributed by atoms with van der Waals surface area (Å²) in [5, 5.41) is 3.89. The number of benzene rings is 2. The number of thioether (sulfide) groups is 1. The van der Waals surface area contributed by atoms with Gasteiger partial charge in [0.15, 0.2) is 10.9 Å². The van der Waals surface area contributed by atoms with E-state index in [9.17, 15) is 14.4 Å². The van der Waals surface area contributed by atoms with Crippen LogP contribution in [-0.2, 0) is 4.79 Å². The standard InChI is InChI=1S/C22H23N3O3S/c1-4-14(2)25-21(28)18-10-5-6-11-19(18)24-22(25)29-13-20(27)23-17-9-7-8-16(12-17)15(3)26/h5-12,14H,4,13H2,1-3H3,(H,23,27)/t14-/m0/s1. The summed E-state index contributed by atoms with van der Waals surface area (Å²) in [4.78, 5) is 41.5. The van der Waals surface area contributed by atoms with E-state index in [1.165, 1.54) is 18.7 Å². The molecule has 0 radical (unpaired) electrons. The molecule has 0 saturated carbocycles. The Balaban J connectivity index is 1.82. The highest BCUT2D eigenvalue weighted by atomic mass is 32.2. The summed E-state index contributed by atoms with van der Waals surface area (Å²) in [6.07, 6.45) is 0.775. The van der Waals surface area contributed by atoms with Gasteiger partial charge in [-0.3, -0.25) is 19.0 Å². The molecule has 6 nitrogen and oxygen atoms in total. The molecule has 150 valence electrons. The fourth-order valence-electron chi connectivity index (χ4n) is 2.94. The largest absolute Gasteiger partial charge is 0.325 e. The Bertz CT molecular complexity index is 1120. The number of rotatable bonds is 7. The van der Waals surface area contributed by atoms with E-state index in [2.05, 4.69) is 10.3 Å². The molecule has 7 heteroatoms. The molecule has 1 atom stereocenters. The molecule has 0 fully saturated rings. The quantitative estimate of drug-likeness (QED) is 0.357. The van der Waals surface area contributed by atoms with Crippen molar-refractivity contribution in [2.45, 2.75) is 38.4 Å². The molecule has 29 heavy (non-hydrogen) atoms. The Hall–Kier alpha value is -2.93. The maximum absolute atomic E-state index is 13.0. The zero-order valence-electron chi connectivity index (χ0n) is 16.6. The third kappa shape index (κ3) is 4.74. The molecular formula is C22H23N3O3S. The fraction of sp³-hybridized carbons (Fsp3) is 0.273. The smallest absolute Gasteiger partial charge is 0.262 e. The van der Waals surface area contributed by atoms with Crippen LogP contribution in [0.15, 0.2) is 58.5 Å². The number of amides is 1. The van der Waals surface area contributed by atoms with Crippen molar-refractivity contribution >= 4 is 40.0 Å². The number of hydrogen-bond acceptors (Lipinski definition) is 5. The van der Waals surface area contributed by atoms with E-state index in [4.69, 9.17) is 0 Å². The van der Waals surface area contributed by atoms with Crippen molar-refractivity contribution < 1.29 is 9.59 Å². The second kappa shape index (κ2) is 9.05. The van der Waals surface area contributed by atoms with Crippen LogP contribution in [0.4, 0.5) is 5.69 Å². The third-order valence-corrected chi connectivity index (χ3v) is 5.64. The number of carbonyl (C=O) groups is 2. The fourth-order valence-corrected chi connectivity index (χ4v) is 3.84. The van der Waals surface area contributed by atoms with Crippen LogP contribution in [0.5, 0.6) is 0 Å². The van der Waals surface area contributed by atoms with Gasteiger partial charge in [0.25, 0.3) is 5.56 Å². The number of ketones is 1. The number of para-hydroxylation sites is 1. The van der Waals surface area contributed by atoms with Crippen molar-refractivity contribution in [1.29, 1.82) is 0 Å². The van der Waals surface area contributed by atoms with Crippen LogP contribution >= 0.6 is 11.8 Å². The topological polar surface area (TPSA) is 81.1 Å². The molecule has 1 amide bonds. The van der Waals surface area contributed by atoms with Crippen molar-refractivity contribution in [3.8, 4) is 0 Å². The molecule has 1 N–H and O–H groups in total. The Kier molecular flexibility index (Phi) is 6.49. The van der Waals surface area contributed by atoms with Crippen LogP contribution in [0.3, 0.4) is 0 Å². The first-order chi connectivity index (χ1) is 13.9. The van der Waals surface area contributed by atoms with Gasteiger partial charge in [-0.05, 0) is 44.5 Å². The van der Waals surface area contributed by atoms with E-state index in [1.54, 1.807) is 41.0 Å². The molecule has 0 bridgehead atoms. The van der Waals surface area contributed by atoms with E-state index in [0.29, 0.717) is 27.3 Å². The lowest BCUT2D eigenvalue weighted by Crippen LogP contribution is -2.26. The van der Waals surface area contributed by atoms with Crippen molar-refractivity contribution in [3.05, 3.63) is 64.4 Å². The molecule has 0 spiro atoms. The molecule has 0 aliphatic heterocycles. The van der Waals surface area contributed by atoms with Crippen LogP contribution in [0.25, 0.3) is 10.9 Å². The molecule has 0 unspecified atom stereocenters. The summed E-state index contributed by atoms with van der Waals surface area (Å²) in [5.41, 5.74) is 1.63. The summed E-state index contributed by atoms with van der Waals surface area (Å²) < 4.78 is 1.66. The summed E-state index contributed by atoms with van der Waals surface area (Å²) >= 11 is 1.23. The van der Waals surface area contributed by atoms with Gasteiger partial charge in [-0.1, -0.05) is 43.0 Å². The maximum atomic E-state index is 13.0. The molecule has 0 saturated heterocycles. The minimum atomic E-state index is -0.228. The Morgan fingerprint density at radius 3 is 2.66 bits per heavy atom. The molecule has 0 aliphatic carbocycles. The first-order valence-electron chi connectivity index (χ1n) is 9.45. The lowest BCUT2D eigenvalue weighted by Gasteiger charge is -2.18. The average Bonchev–Trinajstić information content (AvgIpc) is 2.72. The Morgan fingerprint density at radius 1 is 1.17 bits per heavy atom. The summed E-state index contributed by atoms with van der Waals surface area (Å²) in [6.45, 7) is 5.46. The van der Waals surface area contributed by atoms with E-state index in [1.807, 2.05) is 26.0 Å². The number of anilines is 1. The zero-order chi connectivity index (χ0) is 21.0. The molecular weight excluding hydrogens is 386 g/mol. The van der Waals surface area contributed by atoms with Gasteiger partial charge >= 0.3 is 0 Å². The second-order valence-electron chi connectivity index (χ2n) is 6.82. The van der Waals surface area contributed by atoms with Gasteiger partial charge in [-0.2, -0.15) is 0 Å². The van der Waals surface area contributed by atoms with Crippen molar-refractivity contribution in [2.75, 3.05) is 11.1 Å². The number of Topliss-reactive ketones (excluding diaryl/α,β-unsaturated/α-hetero) is 1. The molecule has 1 aromatic heterocycles. The minimum Gasteiger partial charge on any atom is -0.325 e. The SMILES string of the molecule is CC[C@H](C)n1c(SCC(=O)Nc2cccc(C(C)=O)c2)nc2ccccc2c1=O. The van der Waals surface area contributed by atoms with Crippen molar-refractivity contribution in [1.82, 2.24) is 9.55 Å². The summed E-state index contributed by atoms with van der Waals surface area (Å²) in [6, 6.07) is 14.0. The zero-order valence-corrected chi connectivity index (χ0v) is 17.5. The van der Waals surface area contributed by atoms with Crippen LogP contribution in [-0.4, -0.2) is 27.0 Å². The van der Waals surface area contributed by atoms with E-state index < -0.39 is 0 Å². The normalized spacial score (nSPS) is 12.0. The average molecular weight is 410 g/mol.